The minimum atomic E-state index is -3.46. The Kier molecular flexibility index (Phi) is 5.54. The molecule has 1 aliphatic rings. The van der Waals surface area contributed by atoms with Gasteiger partial charge in [-0.3, -0.25) is 4.79 Å². The number of para-hydroxylation sites is 2. The van der Waals surface area contributed by atoms with E-state index in [-0.39, 0.29) is 11.8 Å². The van der Waals surface area contributed by atoms with Gasteiger partial charge in [0.25, 0.3) is 10.0 Å². The molecule has 0 saturated carbocycles. The number of nitrogens with zero attached hydrogens (tertiary/aromatic N) is 2. The van der Waals surface area contributed by atoms with Gasteiger partial charge in [-0.25, -0.2) is 13.4 Å². The highest BCUT2D eigenvalue weighted by Gasteiger charge is 2.32. The average molecular weight is 468 g/mol. The van der Waals surface area contributed by atoms with Crippen molar-refractivity contribution in [3.63, 3.8) is 0 Å². The van der Waals surface area contributed by atoms with E-state index < -0.39 is 10.0 Å². The molecule has 0 bridgehead atoms. The van der Waals surface area contributed by atoms with Crippen LogP contribution >= 0.6 is 11.3 Å². The van der Waals surface area contributed by atoms with Gasteiger partial charge in [-0.05, 0) is 60.7 Å². The summed E-state index contributed by atoms with van der Waals surface area (Å²) in [5.74, 6) is 0.220. The number of aromatic nitrogens is 1. The van der Waals surface area contributed by atoms with Gasteiger partial charge in [0.15, 0.2) is 5.58 Å². The van der Waals surface area contributed by atoms with E-state index in [9.17, 15) is 13.2 Å². The molecule has 1 N–H and O–H groups in total. The molecule has 0 spiro atoms. The van der Waals surface area contributed by atoms with Crippen molar-refractivity contribution >= 4 is 44.1 Å². The van der Waals surface area contributed by atoms with Crippen molar-refractivity contribution in [2.24, 2.45) is 5.92 Å². The van der Waals surface area contributed by atoms with Crippen molar-refractivity contribution in [2.75, 3.05) is 18.4 Å². The fourth-order valence-electron chi connectivity index (χ4n) is 3.83. The fraction of sp³-hybridized carbons (Fsp3) is 0.217. The van der Waals surface area contributed by atoms with E-state index in [1.54, 1.807) is 17.5 Å². The number of anilines is 1. The number of oxazole rings is 1. The van der Waals surface area contributed by atoms with Gasteiger partial charge in [0.05, 0.1) is 0 Å². The number of fused-ring (bicyclic) bond motifs is 1. The summed E-state index contributed by atoms with van der Waals surface area (Å²) in [5, 5.41) is 4.69. The molecule has 164 valence electrons. The van der Waals surface area contributed by atoms with Gasteiger partial charge in [-0.15, -0.1) is 11.3 Å². The first-order valence-electron chi connectivity index (χ1n) is 10.3. The SMILES string of the molecule is O=C(Nc1ccc(-c2nc3ccccc3o2)cc1)C1CCN(S(=O)(=O)c2cccs2)CC1. The van der Waals surface area contributed by atoms with E-state index in [1.165, 1.54) is 15.6 Å². The fourth-order valence-corrected chi connectivity index (χ4v) is 6.45. The van der Waals surface area contributed by atoms with Gasteiger partial charge in [-0.2, -0.15) is 4.31 Å². The van der Waals surface area contributed by atoms with Crippen LogP contribution in [0.2, 0.25) is 0 Å². The number of carbonyl (C=O) groups is 1. The van der Waals surface area contributed by atoms with Crippen molar-refractivity contribution < 1.29 is 17.6 Å². The van der Waals surface area contributed by atoms with Crippen LogP contribution in [0.3, 0.4) is 0 Å². The highest BCUT2D eigenvalue weighted by molar-refractivity contribution is 7.91. The largest absolute Gasteiger partial charge is 0.436 e. The van der Waals surface area contributed by atoms with Crippen molar-refractivity contribution in [1.82, 2.24) is 9.29 Å². The number of sulfonamides is 1. The number of nitrogens with one attached hydrogen (secondary N) is 1. The van der Waals surface area contributed by atoms with E-state index in [1.807, 2.05) is 48.5 Å². The van der Waals surface area contributed by atoms with Crippen LogP contribution in [0.25, 0.3) is 22.6 Å². The summed E-state index contributed by atoms with van der Waals surface area (Å²) in [6.45, 7) is 0.684. The molecular weight excluding hydrogens is 446 g/mol. The second-order valence-electron chi connectivity index (χ2n) is 7.66. The normalized spacial score (nSPS) is 15.8. The van der Waals surface area contributed by atoms with Crippen molar-refractivity contribution in [1.29, 1.82) is 0 Å². The molecule has 2 aromatic heterocycles. The van der Waals surface area contributed by atoms with Gasteiger partial charge in [0.2, 0.25) is 11.8 Å². The van der Waals surface area contributed by atoms with Crippen LogP contribution in [0.5, 0.6) is 0 Å². The number of thiophene rings is 1. The number of carbonyl (C=O) groups excluding carboxylic acids is 1. The highest BCUT2D eigenvalue weighted by atomic mass is 32.2. The highest BCUT2D eigenvalue weighted by Crippen LogP contribution is 2.28. The first-order chi connectivity index (χ1) is 15.5. The molecular formula is C23H21N3O4S2. The molecule has 32 heavy (non-hydrogen) atoms. The Labute approximate surface area is 189 Å². The van der Waals surface area contributed by atoms with Gasteiger partial charge < -0.3 is 9.73 Å². The predicted molar refractivity (Wildman–Crippen MR) is 124 cm³/mol. The molecule has 0 atom stereocenters. The number of amides is 1. The summed E-state index contributed by atoms with van der Waals surface area (Å²) < 4.78 is 32.9. The molecule has 0 unspecified atom stereocenters. The summed E-state index contributed by atoms with van der Waals surface area (Å²) in [7, 11) is -3.46. The van der Waals surface area contributed by atoms with Crippen LogP contribution in [0, 0.1) is 5.92 Å². The molecule has 1 amide bonds. The molecule has 0 aliphatic carbocycles. The van der Waals surface area contributed by atoms with E-state index >= 15 is 0 Å². The van der Waals surface area contributed by atoms with Crippen molar-refractivity contribution in [3.8, 4) is 11.5 Å². The van der Waals surface area contributed by atoms with Gasteiger partial charge >= 0.3 is 0 Å². The molecule has 7 nitrogen and oxygen atoms in total. The Hall–Kier alpha value is -3.01. The van der Waals surface area contributed by atoms with E-state index in [2.05, 4.69) is 10.3 Å². The number of piperidine rings is 1. The molecule has 4 aromatic rings. The lowest BCUT2D eigenvalue weighted by Crippen LogP contribution is -2.41. The standard InChI is InChI=1S/C23H21N3O4S2/c27-22(16-11-13-26(14-12-16)32(28,29)21-6-3-15-31-21)24-18-9-7-17(8-10-18)23-25-19-4-1-2-5-20(19)30-23/h1-10,15-16H,11-14H2,(H,24,27). The summed E-state index contributed by atoms with van der Waals surface area (Å²) in [6, 6.07) is 18.3. The third-order valence-corrected chi connectivity index (χ3v) is 8.88. The monoisotopic (exact) mass is 467 g/mol. The van der Waals surface area contributed by atoms with Gasteiger partial charge in [0, 0.05) is 30.3 Å². The van der Waals surface area contributed by atoms with Crippen LogP contribution in [-0.4, -0.2) is 36.7 Å². The maximum atomic E-state index is 12.7. The zero-order valence-electron chi connectivity index (χ0n) is 17.1. The third-order valence-electron chi connectivity index (χ3n) is 5.61. The molecule has 1 aliphatic heterocycles. The Morgan fingerprint density at radius 3 is 2.47 bits per heavy atom. The minimum absolute atomic E-state index is 0.0900. The zero-order chi connectivity index (χ0) is 22.1. The Balaban J connectivity index is 1.20. The molecule has 2 aromatic carbocycles. The summed E-state index contributed by atoms with van der Waals surface area (Å²) >= 11 is 1.21. The molecule has 3 heterocycles. The third kappa shape index (κ3) is 4.06. The number of benzene rings is 2. The summed E-state index contributed by atoms with van der Waals surface area (Å²) in [4.78, 5) is 17.2. The smallest absolute Gasteiger partial charge is 0.252 e. The Bertz CT molecular complexity index is 1300. The summed E-state index contributed by atoms with van der Waals surface area (Å²) in [5.41, 5.74) is 3.04. The Morgan fingerprint density at radius 1 is 1.03 bits per heavy atom. The zero-order valence-corrected chi connectivity index (χ0v) is 18.7. The topological polar surface area (TPSA) is 92.5 Å². The lowest BCUT2D eigenvalue weighted by molar-refractivity contribution is -0.120. The van der Waals surface area contributed by atoms with Crippen LogP contribution in [0.15, 0.2) is 74.7 Å². The number of rotatable bonds is 5. The lowest BCUT2D eigenvalue weighted by atomic mass is 9.97. The molecule has 5 rings (SSSR count). The second-order valence-corrected chi connectivity index (χ2v) is 10.8. The first kappa shape index (κ1) is 20.9. The van der Waals surface area contributed by atoms with E-state index in [0.29, 0.717) is 41.7 Å². The van der Waals surface area contributed by atoms with Gasteiger partial charge in [-0.1, -0.05) is 18.2 Å². The number of hydrogen-bond acceptors (Lipinski definition) is 6. The molecule has 9 heteroatoms. The minimum Gasteiger partial charge on any atom is -0.436 e. The van der Waals surface area contributed by atoms with Gasteiger partial charge in [0.1, 0.15) is 9.73 Å². The quantitative estimate of drug-likeness (QED) is 0.463. The van der Waals surface area contributed by atoms with Crippen LogP contribution in [0.1, 0.15) is 12.8 Å². The summed E-state index contributed by atoms with van der Waals surface area (Å²) in [6.07, 6.45) is 0.995. The van der Waals surface area contributed by atoms with Crippen LogP contribution in [0.4, 0.5) is 5.69 Å². The van der Waals surface area contributed by atoms with Crippen LogP contribution in [-0.2, 0) is 14.8 Å². The lowest BCUT2D eigenvalue weighted by Gasteiger charge is -2.30. The average Bonchev–Trinajstić information content (AvgIpc) is 3.50. The maximum Gasteiger partial charge on any atom is 0.252 e. The predicted octanol–water partition coefficient (Wildman–Crippen LogP) is 4.60. The van der Waals surface area contributed by atoms with E-state index in [0.717, 1.165) is 16.7 Å². The first-order valence-corrected chi connectivity index (χ1v) is 12.6. The Morgan fingerprint density at radius 2 is 1.78 bits per heavy atom. The number of hydrogen-bond donors (Lipinski definition) is 1. The van der Waals surface area contributed by atoms with Crippen molar-refractivity contribution in [3.05, 3.63) is 66.0 Å². The van der Waals surface area contributed by atoms with Crippen LogP contribution < -0.4 is 5.32 Å². The maximum absolute atomic E-state index is 12.7. The van der Waals surface area contributed by atoms with E-state index in [4.69, 9.17) is 4.42 Å². The molecule has 1 fully saturated rings. The molecule has 1 saturated heterocycles. The second kappa shape index (κ2) is 8.50. The van der Waals surface area contributed by atoms with Crippen molar-refractivity contribution in [2.45, 2.75) is 17.1 Å². The molecule has 0 radical (unpaired) electrons.